The second-order valence-electron chi connectivity index (χ2n) is 4.21. The van der Waals surface area contributed by atoms with E-state index in [9.17, 15) is 4.79 Å². The lowest BCUT2D eigenvalue weighted by Crippen LogP contribution is -2.42. The summed E-state index contributed by atoms with van der Waals surface area (Å²) in [7, 11) is 0. The van der Waals surface area contributed by atoms with Gasteiger partial charge in [-0.3, -0.25) is 9.28 Å². The Kier molecular flexibility index (Phi) is 5.11. The van der Waals surface area contributed by atoms with Gasteiger partial charge >= 0.3 is 0 Å². The van der Waals surface area contributed by atoms with E-state index in [1.165, 1.54) is 0 Å². The van der Waals surface area contributed by atoms with Crippen LogP contribution in [0.1, 0.15) is 31.1 Å². The lowest BCUT2D eigenvalue weighted by Gasteiger charge is -2.31. The first kappa shape index (κ1) is 13.7. The van der Waals surface area contributed by atoms with Crippen molar-refractivity contribution in [3.8, 4) is 0 Å². The number of benzene rings is 1. The Balaban J connectivity index is 2.80. The van der Waals surface area contributed by atoms with E-state index in [0.29, 0.717) is 0 Å². The van der Waals surface area contributed by atoms with Gasteiger partial charge in [-0.2, -0.15) is 0 Å². The minimum Gasteiger partial charge on any atom is -0.298 e. The monoisotopic (exact) mass is 232 g/mol. The zero-order valence-electron chi connectivity index (χ0n) is 11.0. The van der Waals surface area contributed by atoms with E-state index < -0.39 is 0 Å². The van der Waals surface area contributed by atoms with Gasteiger partial charge in [0.25, 0.3) is 0 Å². The Morgan fingerprint density at radius 2 is 1.59 bits per heavy atom. The summed E-state index contributed by atoms with van der Waals surface area (Å²) in [6.45, 7) is 9.53. The fraction of sp³-hybridized carbons (Fsp3) is 0.400. The van der Waals surface area contributed by atoms with Crippen molar-refractivity contribution in [1.29, 1.82) is 0 Å². The first-order valence-corrected chi connectivity index (χ1v) is 6.32. The van der Waals surface area contributed by atoms with Gasteiger partial charge in [-0.15, -0.1) is 0 Å². The number of ketones is 1. The van der Waals surface area contributed by atoms with Gasteiger partial charge < -0.3 is 0 Å². The third kappa shape index (κ3) is 3.53. The van der Waals surface area contributed by atoms with Crippen LogP contribution in [0.2, 0.25) is 0 Å². The van der Waals surface area contributed by atoms with Gasteiger partial charge in [-0.25, -0.2) is 0 Å². The van der Waals surface area contributed by atoms with Crippen molar-refractivity contribution in [2.45, 2.75) is 20.8 Å². The molecule has 0 N–H and O–H groups in total. The molecule has 0 fully saturated rings. The molecule has 1 aromatic rings. The van der Waals surface area contributed by atoms with Gasteiger partial charge in [0, 0.05) is 11.6 Å². The number of hydrogen-bond donors (Lipinski definition) is 0. The van der Waals surface area contributed by atoms with Crippen LogP contribution in [-0.4, -0.2) is 29.9 Å². The zero-order chi connectivity index (χ0) is 12.7. The molecule has 0 aliphatic carbocycles. The van der Waals surface area contributed by atoms with Crippen LogP contribution in [0.15, 0.2) is 42.6 Å². The smallest absolute Gasteiger partial charge is 0.191 e. The summed E-state index contributed by atoms with van der Waals surface area (Å²) in [5.41, 5.74) is 0.755. The maximum atomic E-state index is 11.9. The van der Waals surface area contributed by atoms with Gasteiger partial charge in [0.15, 0.2) is 5.78 Å². The number of rotatable bonds is 6. The van der Waals surface area contributed by atoms with E-state index in [1.54, 1.807) is 6.08 Å². The first-order valence-electron chi connectivity index (χ1n) is 6.32. The molecule has 0 heterocycles. The number of quaternary nitrogens is 1. The van der Waals surface area contributed by atoms with Gasteiger partial charge in [0.05, 0.1) is 25.8 Å². The predicted molar refractivity (Wildman–Crippen MR) is 71.8 cm³/mol. The topological polar surface area (TPSA) is 17.1 Å². The summed E-state index contributed by atoms with van der Waals surface area (Å²) in [6, 6.07) is 9.41. The second-order valence-corrected chi connectivity index (χ2v) is 4.21. The highest BCUT2D eigenvalue weighted by Crippen LogP contribution is 2.08. The fourth-order valence-corrected chi connectivity index (χ4v) is 1.91. The molecule has 0 bridgehead atoms. The molecule has 0 radical (unpaired) electrons. The van der Waals surface area contributed by atoms with Crippen LogP contribution >= 0.6 is 0 Å². The molecule has 0 saturated heterocycles. The molecule has 0 aliphatic rings. The summed E-state index contributed by atoms with van der Waals surface area (Å²) >= 11 is 0. The molecule has 2 nitrogen and oxygen atoms in total. The average Bonchev–Trinajstić information content (AvgIpc) is 2.41. The van der Waals surface area contributed by atoms with Crippen LogP contribution in [0.5, 0.6) is 0 Å². The van der Waals surface area contributed by atoms with E-state index in [1.807, 2.05) is 36.5 Å². The number of hydrogen-bond acceptors (Lipinski definition) is 1. The fourth-order valence-electron chi connectivity index (χ4n) is 1.91. The van der Waals surface area contributed by atoms with Crippen LogP contribution in [0.3, 0.4) is 0 Å². The standard InChI is InChI=1S/C15H22NO/c1-4-16(5-2,6-3)13-12-15(17)14-10-8-7-9-11-14/h7-13H,4-6H2,1-3H3/q+1. The molecule has 1 rings (SSSR count). The SMILES string of the molecule is CC[N+](C=CC(=O)c1ccccc1)(CC)CC. The Hall–Kier alpha value is -1.41. The first-order chi connectivity index (χ1) is 8.17. The number of carbonyl (C=O) groups is 1. The molecule has 0 aliphatic heterocycles. The van der Waals surface area contributed by atoms with Gasteiger partial charge in [-0.05, 0) is 20.8 Å². The molecule has 0 unspecified atom stereocenters. The molecule has 17 heavy (non-hydrogen) atoms. The van der Waals surface area contributed by atoms with Crippen molar-refractivity contribution in [2.75, 3.05) is 19.6 Å². The molecule has 0 atom stereocenters. The lowest BCUT2D eigenvalue weighted by molar-refractivity contribution is -0.874. The molecule has 0 saturated carbocycles. The van der Waals surface area contributed by atoms with Crippen LogP contribution < -0.4 is 0 Å². The molecule has 0 aromatic heterocycles. The summed E-state index contributed by atoms with van der Waals surface area (Å²) in [5, 5.41) is 0. The van der Waals surface area contributed by atoms with Crippen molar-refractivity contribution in [1.82, 2.24) is 0 Å². The van der Waals surface area contributed by atoms with Crippen LogP contribution in [-0.2, 0) is 0 Å². The highest BCUT2D eigenvalue weighted by molar-refractivity contribution is 6.04. The Morgan fingerprint density at radius 3 is 2.06 bits per heavy atom. The molecule has 0 spiro atoms. The summed E-state index contributed by atoms with van der Waals surface area (Å²) in [4.78, 5) is 11.9. The predicted octanol–water partition coefficient (Wildman–Crippen LogP) is 3.26. The third-order valence-electron chi connectivity index (χ3n) is 3.49. The third-order valence-corrected chi connectivity index (χ3v) is 3.49. The summed E-state index contributed by atoms with van der Waals surface area (Å²) < 4.78 is 0.860. The Bertz CT molecular complexity index is 369. The summed E-state index contributed by atoms with van der Waals surface area (Å²) in [5.74, 6) is 0.0865. The van der Waals surface area contributed by atoms with Crippen molar-refractivity contribution >= 4 is 5.78 Å². The number of nitrogens with zero attached hydrogens (tertiary/aromatic N) is 1. The van der Waals surface area contributed by atoms with Crippen LogP contribution in [0.25, 0.3) is 0 Å². The van der Waals surface area contributed by atoms with E-state index in [-0.39, 0.29) is 5.78 Å². The minimum absolute atomic E-state index is 0.0865. The molecular weight excluding hydrogens is 210 g/mol. The second kappa shape index (κ2) is 6.36. The van der Waals surface area contributed by atoms with Gasteiger partial charge in [-0.1, -0.05) is 30.3 Å². The molecule has 92 valence electrons. The van der Waals surface area contributed by atoms with Gasteiger partial charge in [0.1, 0.15) is 0 Å². The van der Waals surface area contributed by atoms with E-state index in [0.717, 1.165) is 29.7 Å². The lowest BCUT2D eigenvalue weighted by atomic mass is 10.1. The highest BCUT2D eigenvalue weighted by Gasteiger charge is 2.17. The largest absolute Gasteiger partial charge is 0.298 e. The number of allylic oxidation sites excluding steroid dienone is 1. The zero-order valence-corrected chi connectivity index (χ0v) is 11.0. The highest BCUT2D eigenvalue weighted by atomic mass is 16.1. The van der Waals surface area contributed by atoms with Crippen molar-refractivity contribution in [2.24, 2.45) is 0 Å². The maximum absolute atomic E-state index is 11.9. The molecule has 1 aromatic carbocycles. The average molecular weight is 232 g/mol. The molecular formula is C15H22NO+. The van der Waals surface area contributed by atoms with Crippen molar-refractivity contribution in [3.05, 3.63) is 48.2 Å². The Morgan fingerprint density at radius 1 is 1.06 bits per heavy atom. The Labute approximate surface area is 104 Å². The molecule has 2 heteroatoms. The minimum atomic E-state index is 0.0865. The van der Waals surface area contributed by atoms with Crippen molar-refractivity contribution < 1.29 is 9.28 Å². The van der Waals surface area contributed by atoms with Crippen LogP contribution in [0.4, 0.5) is 0 Å². The quantitative estimate of drug-likeness (QED) is 0.418. The summed E-state index contributed by atoms with van der Waals surface area (Å²) in [6.07, 6.45) is 3.75. The maximum Gasteiger partial charge on any atom is 0.191 e. The number of carbonyl (C=O) groups excluding carboxylic acids is 1. The van der Waals surface area contributed by atoms with E-state index in [4.69, 9.17) is 0 Å². The van der Waals surface area contributed by atoms with Crippen molar-refractivity contribution in [3.63, 3.8) is 0 Å². The van der Waals surface area contributed by atoms with E-state index >= 15 is 0 Å². The van der Waals surface area contributed by atoms with E-state index in [2.05, 4.69) is 20.8 Å². The normalized spacial score (nSPS) is 11.9. The van der Waals surface area contributed by atoms with Gasteiger partial charge in [0.2, 0.25) is 0 Å². The molecule has 0 amide bonds. The van der Waals surface area contributed by atoms with Crippen LogP contribution in [0, 0.1) is 0 Å².